The Kier molecular flexibility index (Phi) is 4.81. The Morgan fingerprint density at radius 2 is 2.22 bits per heavy atom. The van der Waals surface area contributed by atoms with Gasteiger partial charge in [0.05, 0.1) is 5.69 Å². The zero-order valence-electron chi connectivity index (χ0n) is 13.5. The van der Waals surface area contributed by atoms with Crippen LogP contribution in [0.25, 0.3) is 0 Å². The molecule has 1 saturated heterocycles. The van der Waals surface area contributed by atoms with Crippen LogP contribution in [0.1, 0.15) is 19.3 Å². The monoisotopic (exact) mass is 317 g/mol. The van der Waals surface area contributed by atoms with Gasteiger partial charge in [0, 0.05) is 32.1 Å². The molecule has 2 heterocycles. The molecule has 1 fully saturated rings. The molecule has 3 rings (SSSR count). The van der Waals surface area contributed by atoms with Crippen LogP contribution in [0.5, 0.6) is 5.75 Å². The van der Waals surface area contributed by atoms with Gasteiger partial charge in [0.25, 0.3) is 5.91 Å². The fraction of sp³-hybridized carbons (Fsp3) is 0.529. The summed E-state index contributed by atoms with van der Waals surface area (Å²) in [7, 11) is 1.91. The normalized spacial score (nSPS) is 20.4. The van der Waals surface area contributed by atoms with Crippen LogP contribution in [-0.4, -0.2) is 56.0 Å². The lowest BCUT2D eigenvalue weighted by Gasteiger charge is -2.30. The number of anilines is 1. The minimum Gasteiger partial charge on any atom is -0.482 e. The molecule has 1 unspecified atom stereocenters. The van der Waals surface area contributed by atoms with E-state index >= 15 is 0 Å². The molecule has 2 aliphatic heterocycles. The van der Waals surface area contributed by atoms with Crippen LogP contribution < -0.4 is 15.0 Å². The van der Waals surface area contributed by atoms with E-state index < -0.39 is 0 Å². The number of benzene rings is 1. The third kappa shape index (κ3) is 3.32. The average molecular weight is 317 g/mol. The molecule has 2 amide bonds. The zero-order chi connectivity index (χ0) is 16.2. The van der Waals surface area contributed by atoms with Crippen LogP contribution >= 0.6 is 0 Å². The molecule has 0 bridgehead atoms. The van der Waals surface area contributed by atoms with Gasteiger partial charge in [-0.2, -0.15) is 0 Å². The predicted molar refractivity (Wildman–Crippen MR) is 87.6 cm³/mol. The van der Waals surface area contributed by atoms with E-state index in [4.69, 9.17) is 4.74 Å². The molecule has 6 nitrogen and oxygen atoms in total. The lowest BCUT2D eigenvalue weighted by atomic mass is 10.2. The highest BCUT2D eigenvalue weighted by Crippen LogP contribution is 2.31. The van der Waals surface area contributed by atoms with Crippen LogP contribution in [0.15, 0.2) is 24.3 Å². The number of ether oxygens (including phenoxy) is 1. The smallest absolute Gasteiger partial charge is 0.265 e. The number of fused-ring (bicyclic) bond motifs is 1. The minimum absolute atomic E-state index is 0.0390. The van der Waals surface area contributed by atoms with Crippen LogP contribution in [-0.2, 0) is 9.59 Å². The summed E-state index contributed by atoms with van der Waals surface area (Å²) < 4.78 is 5.43. The first-order chi connectivity index (χ1) is 11.2. The van der Waals surface area contributed by atoms with Crippen molar-refractivity contribution in [2.75, 3.05) is 38.2 Å². The summed E-state index contributed by atoms with van der Waals surface area (Å²) in [5.74, 6) is 0.734. The number of carbonyl (C=O) groups is 2. The molecule has 1 atom stereocenters. The second-order valence-electron chi connectivity index (χ2n) is 5.99. The third-order valence-corrected chi connectivity index (χ3v) is 4.49. The Morgan fingerprint density at radius 1 is 1.39 bits per heavy atom. The average Bonchev–Trinajstić information content (AvgIpc) is 3.02. The molecule has 124 valence electrons. The highest BCUT2D eigenvalue weighted by atomic mass is 16.5. The predicted octanol–water partition coefficient (Wildman–Crippen LogP) is 1.01. The van der Waals surface area contributed by atoms with E-state index in [0.29, 0.717) is 18.7 Å². The van der Waals surface area contributed by atoms with E-state index in [1.807, 2.05) is 36.2 Å². The molecule has 1 aromatic rings. The molecule has 0 radical (unpaired) electrons. The molecule has 0 saturated carbocycles. The first-order valence-electron chi connectivity index (χ1n) is 8.17. The number of carbonyl (C=O) groups excluding carboxylic acids is 2. The molecular weight excluding hydrogens is 294 g/mol. The maximum absolute atomic E-state index is 12.5. The summed E-state index contributed by atoms with van der Waals surface area (Å²) in [6.07, 6.45) is 2.45. The van der Waals surface area contributed by atoms with Crippen molar-refractivity contribution in [2.45, 2.75) is 25.3 Å². The Balaban J connectivity index is 1.64. The SMILES string of the molecule is CNCC1CCCN1C(=O)CCN1C(=O)COc2ccccc21. The summed E-state index contributed by atoms with van der Waals surface area (Å²) in [6, 6.07) is 7.74. The number of nitrogens with one attached hydrogen (secondary N) is 1. The molecule has 6 heteroatoms. The minimum atomic E-state index is -0.0929. The van der Waals surface area contributed by atoms with Crippen molar-refractivity contribution in [1.29, 1.82) is 0 Å². The zero-order valence-corrected chi connectivity index (χ0v) is 13.5. The van der Waals surface area contributed by atoms with Crippen LogP contribution in [0.3, 0.4) is 0 Å². The number of likely N-dealkylation sites (tertiary alicyclic amines) is 1. The van der Waals surface area contributed by atoms with Crippen molar-refractivity contribution in [3.8, 4) is 5.75 Å². The van der Waals surface area contributed by atoms with Gasteiger partial charge < -0.3 is 19.9 Å². The molecule has 0 spiro atoms. The van der Waals surface area contributed by atoms with Gasteiger partial charge in [-0.1, -0.05) is 12.1 Å². The van der Waals surface area contributed by atoms with Gasteiger partial charge in [-0.05, 0) is 32.0 Å². The van der Waals surface area contributed by atoms with Crippen LogP contribution in [0, 0.1) is 0 Å². The topological polar surface area (TPSA) is 61.9 Å². The first-order valence-corrected chi connectivity index (χ1v) is 8.17. The van der Waals surface area contributed by atoms with Gasteiger partial charge >= 0.3 is 0 Å². The van der Waals surface area contributed by atoms with E-state index in [9.17, 15) is 9.59 Å². The number of nitrogens with zero attached hydrogens (tertiary/aromatic N) is 2. The highest BCUT2D eigenvalue weighted by molar-refractivity contribution is 5.98. The lowest BCUT2D eigenvalue weighted by molar-refractivity contribution is -0.131. The quantitative estimate of drug-likeness (QED) is 0.880. The van der Waals surface area contributed by atoms with Crippen molar-refractivity contribution in [1.82, 2.24) is 10.2 Å². The molecular formula is C17H23N3O3. The van der Waals surface area contributed by atoms with E-state index in [2.05, 4.69) is 5.32 Å². The summed E-state index contributed by atoms with van der Waals surface area (Å²) in [5, 5.41) is 3.15. The van der Waals surface area contributed by atoms with Gasteiger partial charge in [-0.25, -0.2) is 0 Å². The number of para-hydroxylation sites is 2. The fourth-order valence-corrected chi connectivity index (χ4v) is 3.36. The second kappa shape index (κ2) is 7.00. The second-order valence-corrected chi connectivity index (χ2v) is 5.99. The van der Waals surface area contributed by atoms with E-state index in [-0.39, 0.29) is 24.5 Å². The maximum atomic E-state index is 12.5. The van der Waals surface area contributed by atoms with Gasteiger partial charge in [-0.3, -0.25) is 9.59 Å². The van der Waals surface area contributed by atoms with Gasteiger partial charge in [0.15, 0.2) is 6.61 Å². The van der Waals surface area contributed by atoms with E-state index in [1.165, 1.54) is 0 Å². The summed E-state index contributed by atoms with van der Waals surface area (Å²) >= 11 is 0. The number of hydrogen-bond acceptors (Lipinski definition) is 4. The number of rotatable bonds is 5. The van der Waals surface area contributed by atoms with Crippen molar-refractivity contribution >= 4 is 17.5 Å². The molecule has 1 N–H and O–H groups in total. The maximum Gasteiger partial charge on any atom is 0.265 e. The van der Waals surface area contributed by atoms with Crippen molar-refractivity contribution in [3.63, 3.8) is 0 Å². The molecule has 1 aromatic carbocycles. The number of amides is 2. The third-order valence-electron chi connectivity index (χ3n) is 4.49. The molecule has 0 aliphatic carbocycles. The van der Waals surface area contributed by atoms with Crippen LogP contribution in [0.4, 0.5) is 5.69 Å². The van der Waals surface area contributed by atoms with Crippen molar-refractivity contribution < 1.29 is 14.3 Å². The molecule has 0 aromatic heterocycles. The van der Waals surface area contributed by atoms with Gasteiger partial charge in [-0.15, -0.1) is 0 Å². The highest BCUT2D eigenvalue weighted by Gasteiger charge is 2.30. The summed E-state index contributed by atoms with van der Waals surface area (Å²) in [5.41, 5.74) is 0.754. The summed E-state index contributed by atoms with van der Waals surface area (Å²) in [6.45, 7) is 2.09. The Bertz CT molecular complexity index is 590. The molecule has 2 aliphatic rings. The van der Waals surface area contributed by atoms with Crippen LogP contribution in [0.2, 0.25) is 0 Å². The van der Waals surface area contributed by atoms with Crippen molar-refractivity contribution in [3.05, 3.63) is 24.3 Å². The first kappa shape index (κ1) is 15.8. The Morgan fingerprint density at radius 3 is 3.04 bits per heavy atom. The number of hydrogen-bond donors (Lipinski definition) is 1. The van der Waals surface area contributed by atoms with Crippen molar-refractivity contribution in [2.24, 2.45) is 0 Å². The summed E-state index contributed by atoms with van der Waals surface area (Å²) in [4.78, 5) is 28.3. The Hall–Kier alpha value is -2.08. The lowest BCUT2D eigenvalue weighted by Crippen LogP contribution is -2.44. The molecule has 23 heavy (non-hydrogen) atoms. The van der Waals surface area contributed by atoms with E-state index in [1.54, 1.807) is 4.90 Å². The van der Waals surface area contributed by atoms with Gasteiger partial charge in [0.2, 0.25) is 5.91 Å². The largest absolute Gasteiger partial charge is 0.482 e. The fourth-order valence-electron chi connectivity index (χ4n) is 3.36. The number of likely N-dealkylation sites (N-methyl/N-ethyl adjacent to an activating group) is 1. The van der Waals surface area contributed by atoms with E-state index in [0.717, 1.165) is 31.6 Å². The Labute approximate surface area is 136 Å². The standard InChI is InChI=1S/C17H23N3O3/c1-18-11-13-5-4-9-19(13)16(21)8-10-20-14-6-2-3-7-15(14)23-12-17(20)22/h2-3,6-7,13,18H,4-5,8-12H2,1H3. The van der Waals surface area contributed by atoms with Gasteiger partial charge in [0.1, 0.15) is 5.75 Å².